The van der Waals surface area contributed by atoms with Crippen LogP contribution in [0.1, 0.15) is 44.1 Å². The molecule has 2 N–H and O–H groups in total. The first-order valence-electron chi connectivity index (χ1n) is 6.16. The van der Waals surface area contributed by atoms with Crippen molar-refractivity contribution < 1.29 is 9.90 Å². The lowest BCUT2D eigenvalue weighted by Crippen LogP contribution is -2.41. The second-order valence-electron chi connectivity index (χ2n) is 4.61. The van der Waals surface area contributed by atoms with Gasteiger partial charge in [-0.2, -0.15) is 0 Å². The lowest BCUT2D eigenvalue weighted by atomic mass is 10.0. The summed E-state index contributed by atoms with van der Waals surface area (Å²) in [6.45, 7) is 6.80. The maximum absolute atomic E-state index is 11.9. The van der Waals surface area contributed by atoms with Gasteiger partial charge >= 0.3 is 0 Å². The maximum Gasteiger partial charge on any atom is 0.268 e. The number of carbonyl (C=O) groups is 1. The van der Waals surface area contributed by atoms with Gasteiger partial charge in [0.1, 0.15) is 5.69 Å². The van der Waals surface area contributed by atoms with Crippen LogP contribution in [-0.2, 0) is 6.54 Å². The van der Waals surface area contributed by atoms with Crippen LogP contribution in [0.3, 0.4) is 0 Å². The Hall–Kier alpha value is -1.29. The molecule has 0 saturated heterocycles. The zero-order valence-corrected chi connectivity index (χ0v) is 10.9. The number of hydrogen-bond donors (Lipinski definition) is 2. The van der Waals surface area contributed by atoms with E-state index in [1.54, 1.807) is 13.0 Å². The molecule has 0 radical (unpaired) electrons. The molecule has 0 bridgehead atoms. The van der Waals surface area contributed by atoms with Crippen LogP contribution in [0.2, 0.25) is 0 Å². The molecule has 0 saturated carbocycles. The van der Waals surface area contributed by atoms with Crippen LogP contribution >= 0.6 is 0 Å². The van der Waals surface area contributed by atoms with E-state index in [4.69, 9.17) is 0 Å². The van der Waals surface area contributed by atoms with Crippen LogP contribution in [0.25, 0.3) is 0 Å². The average Bonchev–Trinajstić information content (AvgIpc) is 2.74. The van der Waals surface area contributed by atoms with E-state index in [2.05, 4.69) is 5.32 Å². The third kappa shape index (κ3) is 3.89. The molecule has 17 heavy (non-hydrogen) atoms. The zero-order valence-electron chi connectivity index (χ0n) is 10.9. The van der Waals surface area contributed by atoms with E-state index in [1.165, 1.54) is 0 Å². The molecular formula is C13H22N2O2. The van der Waals surface area contributed by atoms with Gasteiger partial charge in [-0.15, -0.1) is 0 Å². The van der Waals surface area contributed by atoms with Crippen molar-refractivity contribution in [3.05, 3.63) is 24.0 Å². The summed E-state index contributed by atoms with van der Waals surface area (Å²) in [5.74, 6) is -0.131. The predicted octanol–water partition coefficient (Wildman–Crippen LogP) is 1.79. The number of nitrogens with zero attached hydrogens (tertiary/aromatic N) is 1. The Morgan fingerprint density at radius 1 is 1.53 bits per heavy atom. The van der Waals surface area contributed by atoms with E-state index < -0.39 is 5.60 Å². The molecule has 1 amide bonds. The fourth-order valence-electron chi connectivity index (χ4n) is 1.88. The van der Waals surface area contributed by atoms with Crippen LogP contribution in [0.4, 0.5) is 0 Å². The summed E-state index contributed by atoms with van der Waals surface area (Å²) in [5.41, 5.74) is -0.187. The van der Waals surface area contributed by atoms with Gasteiger partial charge in [0.2, 0.25) is 0 Å². The van der Waals surface area contributed by atoms with Crippen molar-refractivity contribution in [1.82, 2.24) is 9.88 Å². The van der Waals surface area contributed by atoms with Crippen LogP contribution in [0.15, 0.2) is 18.3 Å². The highest BCUT2D eigenvalue weighted by atomic mass is 16.3. The summed E-state index contributed by atoms with van der Waals surface area (Å²) < 4.78 is 1.88. The van der Waals surface area contributed by atoms with Crippen LogP contribution in [0.5, 0.6) is 0 Å². The summed E-state index contributed by atoms with van der Waals surface area (Å²) >= 11 is 0. The lowest BCUT2D eigenvalue weighted by Gasteiger charge is -2.23. The zero-order chi connectivity index (χ0) is 12.9. The number of aromatic nitrogens is 1. The normalized spacial score (nSPS) is 14.4. The van der Waals surface area contributed by atoms with Crippen molar-refractivity contribution in [1.29, 1.82) is 0 Å². The van der Waals surface area contributed by atoms with E-state index in [0.29, 0.717) is 12.1 Å². The number of aryl methyl sites for hydroxylation is 1. The highest BCUT2D eigenvalue weighted by Crippen LogP contribution is 2.10. The van der Waals surface area contributed by atoms with Gasteiger partial charge in [0.15, 0.2) is 0 Å². The number of nitrogens with one attached hydrogen (secondary N) is 1. The minimum Gasteiger partial charge on any atom is -0.388 e. The molecule has 4 nitrogen and oxygen atoms in total. The fourth-order valence-corrected chi connectivity index (χ4v) is 1.88. The Kier molecular flexibility index (Phi) is 4.75. The summed E-state index contributed by atoms with van der Waals surface area (Å²) in [5, 5.41) is 12.7. The Bertz CT molecular complexity index is 369. The molecule has 0 spiro atoms. The molecular weight excluding hydrogens is 216 g/mol. The first kappa shape index (κ1) is 13.8. The second kappa shape index (κ2) is 5.87. The number of rotatable bonds is 6. The minimum atomic E-state index is -0.825. The highest BCUT2D eigenvalue weighted by molar-refractivity contribution is 5.92. The molecule has 0 fully saturated rings. The summed E-state index contributed by atoms with van der Waals surface area (Å²) in [7, 11) is 0. The molecule has 1 aromatic heterocycles. The minimum absolute atomic E-state index is 0.131. The maximum atomic E-state index is 11.9. The highest BCUT2D eigenvalue weighted by Gasteiger charge is 2.20. The van der Waals surface area contributed by atoms with Crippen LogP contribution in [-0.4, -0.2) is 27.7 Å². The van der Waals surface area contributed by atoms with Crippen molar-refractivity contribution in [3.63, 3.8) is 0 Å². The summed E-state index contributed by atoms with van der Waals surface area (Å²) in [6.07, 6.45) is 3.45. The molecule has 0 aliphatic heterocycles. The van der Waals surface area contributed by atoms with E-state index in [9.17, 15) is 9.90 Å². The molecule has 0 aliphatic rings. The van der Waals surface area contributed by atoms with Gasteiger partial charge in [0, 0.05) is 19.3 Å². The third-order valence-corrected chi connectivity index (χ3v) is 2.82. The Balaban J connectivity index is 2.56. The predicted molar refractivity (Wildman–Crippen MR) is 68.0 cm³/mol. The molecule has 4 heteroatoms. The van der Waals surface area contributed by atoms with E-state index in [-0.39, 0.29) is 12.5 Å². The molecule has 1 rings (SSSR count). The van der Waals surface area contributed by atoms with Crippen LogP contribution in [0, 0.1) is 0 Å². The van der Waals surface area contributed by atoms with E-state index in [1.807, 2.05) is 30.7 Å². The second-order valence-corrected chi connectivity index (χ2v) is 4.61. The van der Waals surface area contributed by atoms with Crippen molar-refractivity contribution in [2.45, 2.75) is 45.8 Å². The van der Waals surface area contributed by atoms with Gasteiger partial charge in [0.25, 0.3) is 5.91 Å². The summed E-state index contributed by atoms with van der Waals surface area (Å²) in [6, 6.07) is 3.63. The van der Waals surface area contributed by atoms with Gasteiger partial charge in [-0.1, -0.05) is 13.3 Å². The summed E-state index contributed by atoms with van der Waals surface area (Å²) in [4.78, 5) is 11.9. The number of amides is 1. The molecule has 1 aromatic rings. The van der Waals surface area contributed by atoms with Crippen molar-refractivity contribution >= 4 is 5.91 Å². The molecule has 1 unspecified atom stereocenters. The average molecular weight is 238 g/mol. The first-order chi connectivity index (χ1) is 8.00. The molecule has 1 atom stereocenters. The monoisotopic (exact) mass is 238 g/mol. The van der Waals surface area contributed by atoms with E-state index >= 15 is 0 Å². The van der Waals surface area contributed by atoms with Crippen molar-refractivity contribution in [2.75, 3.05) is 6.54 Å². The first-order valence-corrected chi connectivity index (χ1v) is 6.16. The SMILES string of the molecule is CCCC(C)(O)CNC(=O)c1cccn1CC. The quantitative estimate of drug-likeness (QED) is 0.794. The Morgan fingerprint density at radius 3 is 2.82 bits per heavy atom. The number of hydrogen-bond acceptors (Lipinski definition) is 2. The molecule has 96 valence electrons. The van der Waals surface area contributed by atoms with Crippen molar-refractivity contribution in [3.8, 4) is 0 Å². The molecule has 1 heterocycles. The van der Waals surface area contributed by atoms with Gasteiger partial charge in [-0.25, -0.2) is 0 Å². The number of aliphatic hydroxyl groups is 1. The lowest BCUT2D eigenvalue weighted by molar-refractivity contribution is 0.0467. The molecule has 0 aliphatic carbocycles. The Morgan fingerprint density at radius 2 is 2.24 bits per heavy atom. The van der Waals surface area contributed by atoms with E-state index in [0.717, 1.165) is 13.0 Å². The van der Waals surface area contributed by atoms with Crippen LogP contribution < -0.4 is 5.32 Å². The Labute approximate surface area is 103 Å². The van der Waals surface area contributed by atoms with Gasteiger partial charge < -0.3 is 15.0 Å². The largest absolute Gasteiger partial charge is 0.388 e. The topological polar surface area (TPSA) is 54.3 Å². The van der Waals surface area contributed by atoms with Gasteiger partial charge in [0.05, 0.1) is 5.60 Å². The van der Waals surface area contributed by atoms with Gasteiger partial charge in [-0.05, 0) is 32.4 Å². The van der Waals surface area contributed by atoms with Gasteiger partial charge in [-0.3, -0.25) is 4.79 Å². The smallest absolute Gasteiger partial charge is 0.268 e. The third-order valence-electron chi connectivity index (χ3n) is 2.82. The standard InChI is InChI=1S/C13H22N2O2/c1-4-8-13(3,17)10-14-12(16)11-7-6-9-15(11)5-2/h6-7,9,17H,4-5,8,10H2,1-3H3,(H,14,16). The number of carbonyl (C=O) groups excluding carboxylic acids is 1. The fraction of sp³-hybridized carbons (Fsp3) is 0.615. The molecule has 0 aromatic carbocycles. The van der Waals surface area contributed by atoms with Crippen molar-refractivity contribution in [2.24, 2.45) is 0 Å².